The molecule has 0 bridgehead atoms. The molecule has 0 N–H and O–H groups in total. The highest BCUT2D eigenvalue weighted by molar-refractivity contribution is 5.86. The highest BCUT2D eigenvalue weighted by Crippen LogP contribution is 2.43. The zero-order chi connectivity index (χ0) is 23.6. The fraction of sp³-hybridized carbons (Fsp3) is 0.536. The standard InChI is InChI=1S/C28H38N2O3/c1-6-14-29-15-8-10-22-18-20-12-16-30(27(31)33-28(2,3)4)17-13-24(20)25(26(22)29)21-9-7-11-23(19-21)32-5/h7,9,11,18-19H,6,8,10,12-17H2,1-5H3. The maximum absolute atomic E-state index is 12.8. The molecule has 2 aliphatic heterocycles. The van der Waals surface area contributed by atoms with Crippen LogP contribution in [0.15, 0.2) is 30.3 Å². The summed E-state index contributed by atoms with van der Waals surface area (Å²) in [4.78, 5) is 17.3. The molecule has 5 heteroatoms. The zero-order valence-corrected chi connectivity index (χ0v) is 20.9. The minimum atomic E-state index is -0.484. The largest absolute Gasteiger partial charge is 0.497 e. The second-order valence-electron chi connectivity index (χ2n) is 10.2. The molecular formula is C28H38N2O3. The van der Waals surface area contributed by atoms with Gasteiger partial charge < -0.3 is 19.3 Å². The Morgan fingerprint density at radius 3 is 2.55 bits per heavy atom. The molecule has 0 radical (unpaired) electrons. The second kappa shape index (κ2) is 9.66. The number of anilines is 1. The van der Waals surface area contributed by atoms with E-state index >= 15 is 0 Å². The topological polar surface area (TPSA) is 42.0 Å². The number of carbonyl (C=O) groups excluding carboxylic acids is 1. The molecule has 5 nitrogen and oxygen atoms in total. The van der Waals surface area contributed by atoms with Crippen LogP contribution in [0, 0.1) is 0 Å². The third kappa shape index (κ3) is 5.13. The number of ether oxygens (including phenoxy) is 2. The van der Waals surface area contributed by atoms with Crippen LogP contribution >= 0.6 is 0 Å². The molecule has 1 amide bonds. The summed E-state index contributed by atoms with van der Waals surface area (Å²) in [5.74, 6) is 0.876. The van der Waals surface area contributed by atoms with Gasteiger partial charge >= 0.3 is 6.09 Å². The normalized spacial score (nSPS) is 16.0. The summed E-state index contributed by atoms with van der Waals surface area (Å²) in [7, 11) is 1.72. The van der Waals surface area contributed by atoms with Crippen molar-refractivity contribution >= 4 is 11.8 Å². The van der Waals surface area contributed by atoms with E-state index in [4.69, 9.17) is 9.47 Å². The lowest BCUT2D eigenvalue weighted by Crippen LogP contribution is -2.38. The molecule has 33 heavy (non-hydrogen) atoms. The lowest BCUT2D eigenvalue weighted by atomic mass is 9.85. The minimum Gasteiger partial charge on any atom is -0.497 e. The molecule has 2 aliphatic rings. The average Bonchev–Trinajstić information content (AvgIpc) is 2.99. The van der Waals surface area contributed by atoms with E-state index in [0.29, 0.717) is 13.1 Å². The summed E-state index contributed by atoms with van der Waals surface area (Å²) in [5, 5.41) is 0. The smallest absolute Gasteiger partial charge is 0.410 e. The van der Waals surface area contributed by atoms with E-state index in [1.165, 1.54) is 39.9 Å². The number of fused-ring (bicyclic) bond motifs is 2. The van der Waals surface area contributed by atoms with Crippen molar-refractivity contribution < 1.29 is 14.3 Å². The van der Waals surface area contributed by atoms with E-state index in [9.17, 15) is 4.79 Å². The van der Waals surface area contributed by atoms with Crippen molar-refractivity contribution in [3.8, 4) is 16.9 Å². The third-order valence-corrected chi connectivity index (χ3v) is 6.56. The number of aryl methyl sites for hydroxylation is 1. The quantitative estimate of drug-likeness (QED) is 0.585. The Kier molecular flexibility index (Phi) is 6.87. The van der Waals surface area contributed by atoms with Gasteiger partial charge in [0.15, 0.2) is 0 Å². The van der Waals surface area contributed by atoms with Gasteiger partial charge in [0.25, 0.3) is 0 Å². The first kappa shape index (κ1) is 23.5. The first-order valence-corrected chi connectivity index (χ1v) is 12.4. The Hall–Kier alpha value is -2.69. The van der Waals surface area contributed by atoms with Crippen LogP contribution in [0.4, 0.5) is 10.5 Å². The van der Waals surface area contributed by atoms with Gasteiger partial charge in [-0.3, -0.25) is 0 Å². The Morgan fingerprint density at radius 1 is 1.03 bits per heavy atom. The number of hydrogen-bond acceptors (Lipinski definition) is 4. The van der Waals surface area contributed by atoms with Crippen molar-refractivity contribution in [2.45, 2.75) is 65.4 Å². The molecule has 2 aromatic carbocycles. The van der Waals surface area contributed by atoms with Crippen molar-refractivity contribution in [2.24, 2.45) is 0 Å². The maximum Gasteiger partial charge on any atom is 0.410 e. The number of benzene rings is 2. The highest BCUT2D eigenvalue weighted by Gasteiger charge is 2.29. The first-order valence-electron chi connectivity index (χ1n) is 12.4. The maximum atomic E-state index is 12.8. The van der Waals surface area contributed by atoms with Crippen LogP contribution in [0.5, 0.6) is 5.75 Å². The number of rotatable bonds is 4. The van der Waals surface area contributed by atoms with Crippen LogP contribution in [-0.2, 0) is 24.0 Å². The molecule has 178 valence electrons. The lowest BCUT2D eigenvalue weighted by Gasteiger charge is -2.35. The van der Waals surface area contributed by atoms with Gasteiger partial charge in [-0.25, -0.2) is 4.79 Å². The Morgan fingerprint density at radius 2 is 1.82 bits per heavy atom. The monoisotopic (exact) mass is 450 g/mol. The molecule has 0 spiro atoms. The predicted molar refractivity (Wildman–Crippen MR) is 134 cm³/mol. The van der Waals surface area contributed by atoms with Crippen LogP contribution in [0.3, 0.4) is 0 Å². The van der Waals surface area contributed by atoms with Crippen molar-refractivity contribution in [3.63, 3.8) is 0 Å². The summed E-state index contributed by atoms with van der Waals surface area (Å²) < 4.78 is 11.3. The fourth-order valence-corrected chi connectivity index (χ4v) is 5.17. The highest BCUT2D eigenvalue weighted by atomic mass is 16.6. The molecule has 0 unspecified atom stereocenters. The Balaban J connectivity index is 1.79. The molecule has 0 aliphatic carbocycles. The van der Waals surface area contributed by atoms with Crippen LogP contribution in [0.1, 0.15) is 57.2 Å². The third-order valence-electron chi connectivity index (χ3n) is 6.56. The van der Waals surface area contributed by atoms with E-state index in [1.54, 1.807) is 7.11 Å². The molecule has 2 heterocycles. The number of nitrogens with zero attached hydrogens (tertiary/aromatic N) is 2. The second-order valence-corrected chi connectivity index (χ2v) is 10.2. The summed E-state index contributed by atoms with van der Waals surface area (Å²) in [6, 6.07) is 10.9. The van der Waals surface area contributed by atoms with E-state index < -0.39 is 5.60 Å². The number of amides is 1. The van der Waals surface area contributed by atoms with Crippen LogP contribution in [0.25, 0.3) is 11.1 Å². The average molecular weight is 451 g/mol. The van der Waals surface area contributed by atoms with Crippen molar-refractivity contribution in [1.82, 2.24) is 4.90 Å². The summed E-state index contributed by atoms with van der Waals surface area (Å²) in [6.07, 6.45) is 4.89. The van der Waals surface area contributed by atoms with Gasteiger partial charge in [0.2, 0.25) is 0 Å². The van der Waals surface area contributed by atoms with Gasteiger partial charge in [0, 0.05) is 37.4 Å². The number of hydrogen-bond donors (Lipinski definition) is 0. The lowest BCUT2D eigenvalue weighted by molar-refractivity contribution is 0.0258. The van der Waals surface area contributed by atoms with Gasteiger partial charge in [-0.05, 0) is 87.3 Å². The molecule has 4 rings (SSSR count). The fourth-order valence-electron chi connectivity index (χ4n) is 5.17. The summed E-state index contributed by atoms with van der Waals surface area (Å²) in [5.41, 5.74) is 7.63. The zero-order valence-electron chi connectivity index (χ0n) is 20.9. The van der Waals surface area contributed by atoms with E-state index in [0.717, 1.165) is 44.5 Å². The summed E-state index contributed by atoms with van der Waals surface area (Å²) >= 11 is 0. The van der Waals surface area contributed by atoms with E-state index in [-0.39, 0.29) is 6.09 Å². The van der Waals surface area contributed by atoms with Crippen LogP contribution in [-0.4, -0.2) is 49.9 Å². The minimum absolute atomic E-state index is 0.212. The van der Waals surface area contributed by atoms with Crippen molar-refractivity contribution in [3.05, 3.63) is 47.0 Å². The predicted octanol–water partition coefficient (Wildman–Crippen LogP) is 5.86. The van der Waals surface area contributed by atoms with Crippen molar-refractivity contribution in [1.29, 1.82) is 0 Å². The number of carbonyl (C=O) groups is 1. The van der Waals surface area contributed by atoms with Gasteiger partial charge in [-0.1, -0.05) is 25.1 Å². The van der Waals surface area contributed by atoms with E-state index in [1.807, 2.05) is 31.7 Å². The molecule has 2 aromatic rings. The SMILES string of the molecule is CCCN1CCCc2cc3c(c(-c4cccc(OC)c4)c21)CCN(C(=O)OC(C)(C)C)CC3. The van der Waals surface area contributed by atoms with Gasteiger partial charge in [-0.2, -0.15) is 0 Å². The van der Waals surface area contributed by atoms with Gasteiger partial charge in [-0.15, -0.1) is 0 Å². The van der Waals surface area contributed by atoms with Gasteiger partial charge in [0.1, 0.15) is 11.4 Å². The molecule has 0 atom stereocenters. The Bertz CT molecular complexity index is 1010. The molecule has 0 aromatic heterocycles. The molecular weight excluding hydrogens is 412 g/mol. The van der Waals surface area contributed by atoms with E-state index in [2.05, 4.69) is 36.1 Å². The Labute approximate surface area is 198 Å². The van der Waals surface area contributed by atoms with Crippen LogP contribution < -0.4 is 9.64 Å². The molecule has 0 saturated carbocycles. The molecule has 0 fully saturated rings. The van der Waals surface area contributed by atoms with Crippen LogP contribution in [0.2, 0.25) is 0 Å². The molecule has 0 saturated heterocycles. The van der Waals surface area contributed by atoms with Gasteiger partial charge in [0.05, 0.1) is 7.11 Å². The first-order chi connectivity index (χ1) is 15.8. The number of methoxy groups -OCH3 is 1. The van der Waals surface area contributed by atoms with Crippen molar-refractivity contribution in [2.75, 3.05) is 38.2 Å². The summed E-state index contributed by atoms with van der Waals surface area (Å²) in [6.45, 7) is 11.6.